The Morgan fingerprint density at radius 2 is 1.48 bits per heavy atom. The lowest BCUT2D eigenvalue weighted by Crippen LogP contribution is -2.35. The van der Waals surface area contributed by atoms with E-state index in [9.17, 15) is 27.6 Å². The van der Waals surface area contributed by atoms with Crippen LogP contribution >= 0.6 is 11.6 Å². The van der Waals surface area contributed by atoms with E-state index >= 15 is 0 Å². The molecule has 0 aliphatic heterocycles. The zero-order chi connectivity index (χ0) is 37.7. The van der Waals surface area contributed by atoms with E-state index in [2.05, 4.69) is 4.90 Å². The molecule has 0 bridgehead atoms. The number of Topliss-reactive ketones (excluding diaryl/α,β-unsaturated/α-hetero) is 1. The van der Waals surface area contributed by atoms with Crippen molar-refractivity contribution in [2.45, 2.75) is 57.7 Å². The van der Waals surface area contributed by atoms with Crippen LogP contribution in [0.5, 0.6) is 5.75 Å². The molecule has 4 aromatic rings. The second kappa shape index (κ2) is 19.2. The van der Waals surface area contributed by atoms with Gasteiger partial charge in [0.15, 0.2) is 6.10 Å². The quantitative estimate of drug-likeness (QED) is 0.0576. The monoisotopic (exact) mass is 739 g/mol. The number of methoxy groups -OCH3 is 1. The summed E-state index contributed by atoms with van der Waals surface area (Å²) in [5.74, 6) is -1.89. The van der Waals surface area contributed by atoms with E-state index in [1.807, 2.05) is 60.7 Å². The number of hydrogen-bond donors (Lipinski definition) is 0. The zero-order valence-electron chi connectivity index (χ0n) is 29.1. The number of ether oxygens (including phenoxy) is 4. The molecule has 12 heteroatoms. The summed E-state index contributed by atoms with van der Waals surface area (Å²) in [4.78, 5) is 38.7. The first-order valence-corrected chi connectivity index (χ1v) is 17.0. The molecule has 0 saturated carbocycles. The molecule has 2 atom stereocenters. The maximum absolute atomic E-state index is 13.7. The number of benzene rings is 4. The predicted molar refractivity (Wildman–Crippen MR) is 190 cm³/mol. The van der Waals surface area contributed by atoms with Gasteiger partial charge in [-0.2, -0.15) is 13.2 Å². The number of carbonyl (C=O) groups is 3. The highest BCUT2D eigenvalue weighted by Crippen LogP contribution is 2.37. The third-order valence-corrected chi connectivity index (χ3v) is 8.68. The fourth-order valence-electron chi connectivity index (χ4n) is 5.47. The van der Waals surface area contributed by atoms with Crippen molar-refractivity contribution in [1.29, 1.82) is 0 Å². The molecule has 0 heterocycles. The average molecular weight is 740 g/mol. The molecule has 0 N–H and O–H groups in total. The van der Waals surface area contributed by atoms with Crippen molar-refractivity contribution in [2.24, 2.45) is 0 Å². The smallest absolute Gasteiger partial charge is 0.417 e. The molecule has 0 aliphatic carbocycles. The summed E-state index contributed by atoms with van der Waals surface area (Å²) >= 11 is 6.34. The maximum Gasteiger partial charge on any atom is 0.417 e. The van der Waals surface area contributed by atoms with Gasteiger partial charge in [-0.1, -0.05) is 96.5 Å². The van der Waals surface area contributed by atoms with Gasteiger partial charge in [-0.25, -0.2) is 4.79 Å². The van der Waals surface area contributed by atoms with E-state index < -0.39 is 41.9 Å². The Bertz CT molecular complexity index is 1730. The number of hydrogen-bond acceptors (Lipinski definition) is 8. The first-order chi connectivity index (χ1) is 24.8. The molecule has 2 unspecified atom stereocenters. The molecule has 4 rings (SSSR count). The highest BCUT2D eigenvalue weighted by atomic mass is 35.5. The van der Waals surface area contributed by atoms with Crippen LogP contribution in [0.2, 0.25) is 5.02 Å². The second-order valence-corrected chi connectivity index (χ2v) is 12.5. The van der Waals surface area contributed by atoms with Gasteiger partial charge in [-0.3, -0.25) is 14.5 Å². The van der Waals surface area contributed by atoms with E-state index in [4.69, 9.17) is 30.5 Å². The standard InChI is InChI=1S/C40H41ClF3NO7/c1-27(46)39(52-38(48)28(2)49-3)51-36(47)24-29-13-10-19-33(23-29)50-22-12-21-45(25-32-18-11-20-35(37(32)41)40(42,43)44)26-34(30-14-6-4-7-15-30)31-16-8-5-9-17-31/h4-11,13-20,23,28,34,39H,12,21-22,24-26H2,1-3H3. The molecule has 0 amide bonds. The zero-order valence-corrected chi connectivity index (χ0v) is 29.9. The molecular formula is C40H41ClF3NO7. The van der Waals surface area contributed by atoms with Gasteiger partial charge in [-0.15, -0.1) is 0 Å². The Labute approximate surface area is 306 Å². The van der Waals surface area contributed by atoms with Gasteiger partial charge < -0.3 is 18.9 Å². The van der Waals surface area contributed by atoms with E-state index in [1.54, 1.807) is 30.3 Å². The van der Waals surface area contributed by atoms with Gasteiger partial charge in [0.2, 0.25) is 5.78 Å². The van der Waals surface area contributed by atoms with Crippen LogP contribution < -0.4 is 4.74 Å². The molecule has 0 fully saturated rings. The molecule has 276 valence electrons. The molecule has 4 aromatic carbocycles. The first kappa shape index (κ1) is 40.1. The van der Waals surface area contributed by atoms with Crippen LogP contribution in [0.25, 0.3) is 0 Å². The number of nitrogens with zero attached hydrogens (tertiary/aromatic N) is 1. The van der Waals surface area contributed by atoms with E-state index in [0.29, 0.717) is 36.4 Å². The molecule has 0 spiro atoms. The molecule has 0 saturated heterocycles. The summed E-state index contributed by atoms with van der Waals surface area (Å²) in [5, 5.41) is -0.320. The van der Waals surface area contributed by atoms with Gasteiger partial charge in [0, 0.05) is 39.6 Å². The van der Waals surface area contributed by atoms with Gasteiger partial charge in [0.05, 0.1) is 23.6 Å². The van der Waals surface area contributed by atoms with Crippen LogP contribution in [0.1, 0.15) is 54.0 Å². The first-order valence-electron chi connectivity index (χ1n) is 16.7. The molecule has 8 nitrogen and oxygen atoms in total. The summed E-state index contributed by atoms with van der Waals surface area (Å²) in [6, 6.07) is 30.6. The molecule has 52 heavy (non-hydrogen) atoms. The Morgan fingerprint density at radius 1 is 0.846 bits per heavy atom. The van der Waals surface area contributed by atoms with E-state index in [1.165, 1.54) is 20.1 Å². The molecule has 0 radical (unpaired) electrons. The SMILES string of the molecule is COC(C)C(=O)OC(OC(=O)Cc1cccc(OCCCN(Cc2cccc(C(F)(F)F)c2Cl)CC(c2ccccc2)c2ccccc2)c1)C(C)=O. The fraction of sp³-hybridized carbons (Fsp3) is 0.325. The number of esters is 2. The Hall–Kier alpha value is -4.71. The van der Waals surface area contributed by atoms with Crippen molar-refractivity contribution in [2.75, 3.05) is 26.8 Å². The van der Waals surface area contributed by atoms with Gasteiger partial charge in [0.25, 0.3) is 0 Å². The van der Waals surface area contributed by atoms with Crippen LogP contribution in [-0.2, 0) is 47.7 Å². The number of alkyl halides is 3. The van der Waals surface area contributed by atoms with Crippen LogP contribution in [0.3, 0.4) is 0 Å². The van der Waals surface area contributed by atoms with Gasteiger partial charge in [-0.05, 0) is 53.8 Å². The minimum atomic E-state index is -4.58. The average Bonchev–Trinajstić information content (AvgIpc) is 3.12. The summed E-state index contributed by atoms with van der Waals surface area (Å²) in [7, 11) is 1.30. The lowest BCUT2D eigenvalue weighted by molar-refractivity contribution is -0.195. The largest absolute Gasteiger partial charge is 0.494 e. The van der Waals surface area contributed by atoms with Crippen LogP contribution in [0, 0.1) is 0 Å². The highest BCUT2D eigenvalue weighted by molar-refractivity contribution is 6.32. The molecular weight excluding hydrogens is 699 g/mol. The normalized spacial score (nSPS) is 12.7. The number of ketones is 1. The van der Waals surface area contributed by atoms with Crippen molar-refractivity contribution in [3.8, 4) is 5.75 Å². The maximum atomic E-state index is 13.7. The minimum Gasteiger partial charge on any atom is -0.494 e. The topological polar surface area (TPSA) is 91.4 Å². The van der Waals surface area contributed by atoms with Crippen molar-refractivity contribution in [1.82, 2.24) is 4.90 Å². The summed E-state index contributed by atoms with van der Waals surface area (Å²) in [6.45, 7) is 3.98. The van der Waals surface area contributed by atoms with Crippen LogP contribution in [0.4, 0.5) is 13.2 Å². The van der Waals surface area contributed by atoms with E-state index in [0.717, 1.165) is 24.1 Å². The van der Waals surface area contributed by atoms with Crippen molar-refractivity contribution < 1.29 is 46.5 Å². The van der Waals surface area contributed by atoms with Gasteiger partial charge >= 0.3 is 24.4 Å². The van der Waals surface area contributed by atoms with Gasteiger partial charge in [0.1, 0.15) is 5.75 Å². The predicted octanol–water partition coefficient (Wildman–Crippen LogP) is 8.04. The number of rotatable bonds is 18. The highest BCUT2D eigenvalue weighted by Gasteiger charge is 2.34. The van der Waals surface area contributed by atoms with E-state index in [-0.39, 0.29) is 30.5 Å². The lowest BCUT2D eigenvalue weighted by atomic mass is 9.90. The fourth-order valence-corrected chi connectivity index (χ4v) is 5.76. The number of halogens is 4. The summed E-state index contributed by atoms with van der Waals surface area (Å²) in [5.41, 5.74) is 2.16. The van der Waals surface area contributed by atoms with Crippen molar-refractivity contribution >= 4 is 29.3 Å². The van der Waals surface area contributed by atoms with Crippen LogP contribution in [0.15, 0.2) is 103 Å². The van der Waals surface area contributed by atoms with Crippen molar-refractivity contribution in [3.05, 3.63) is 136 Å². The molecule has 0 aliphatic rings. The molecule has 0 aromatic heterocycles. The second-order valence-electron chi connectivity index (χ2n) is 12.2. The Kier molecular flexibility index (Phi) is 14.8. The Morgan fingerprint density at radius 3 is 2.08 bits per heavy atom. The van der Waals surface area contributed by atoms with Crippen LogP contribution in [-0.4, -0.2) is 61.8 Å². The summed E-state index contributed by atoms with van der Waals surface area (Å²) < 4.78 is 62.1. The van der Waals surface area contributed by atoms with Crippen molar-refractivity contribution in [3.63, 3.8) is 0 Å². The third kappa shape index (κ3) is 11.9. The number of carbonyl (C=O) groups excluding carboxylic acids is 3. The summed E-state index contributed by atoms with van der Waals surface area (Å²) in [6.07, 6.45) is -6.93. The minimum absolute atomic E-state index is 0.0705. The third-order valence-electron chi connectivity index (χ3n) is 8.24. The Balaban J connectivity index is 1.44. The lowest BCUT2D eigenvalue weighted by Gasteiger charge is -2.29.